The largest absolute Gasteiger partial charge is 0.274 e. The quantitative estimate of drug-likeness (QED) is 0.252. The van der Waals surface area contributed by atoms with Crippen LogP contribution >= 0.6 is 27.5 Å². The summed E-state index contributed by atoms with van der Waals surface area (Å²) in [6, 6.07) is 25.1. The van der Waals surface area contributed by atoms with Gasteiger partial charge in [0.25, 0.3) is 5.91 Å². The molecule has 4 aromatic rings. The molecule has 1 aliphatic rings. The van der Waals surface area contributed by atoms with Crippen molar-refractivity contribution in [1.29, 1.82) is 0 Å². The van der Waals surface area contributed by atoms with Gasteiger partial charge in [0, 0.05) is 16.0 Å². The predicted molar refractivity (Wildman–Crippen MR) is 148 cm³/mol. The van der Waals surface area contributed by atoms with Gasteiger partial charge in [-0.1, -0.05) is 70.0 Å². The lowest BCUT2D eigenvalue weighted by Crippen LogP contribution is -2.46. The smallest absolute Gasteiger partial charge is 0.252 e. The van der Waals surface area contributed by atoms with Gasteiger partial charge >= 0.3 is 0 Å². The number of sulfonamides is 1. The maximum atomic E-state index is 14.0. The highest BCUT2D eigenvalue weighted by Gasteiger charge is 2.46. The first kappa shape index (κ1) is 25.6. The van der Waals surface area contributed by atoms with Gasteiger partial charge in [0.1, 0.15) is 6.04 Å². The van der Waals surface area contributed by atoms with E-state index in [2.05, 4.69) is 15.9 Å². The van der Waals surface area contributed by atoms with Crippen molar-refractivity contribution in [3.63, 3.8) is 0 Å². The molecule has 0 aliphatic carbocycles. The minimum atomic E-state index is -4.13. The minimum Gasteiger partial charge on any atom is -0.274 e. The molecule has 0 aromatic heterocycles. The van der Waals surface area contributed by atoms with Crippen LogP contribution in [0.4, 0.5) is 5.69 Å². The third kappa shape index (κ3) is 5.20. The maximum Gasteiger partial charge on any atom is 0.252 e. The SMILES string of the molecule is O=C1CC(N(CCc2cccc(Cl)c2)S(=O)(=O)c2ccc3ccccc3c2)C(=O)N1c1ccc(Br)cc1. The lowest BCUT2D eigenvalue weighted by Gasteiger charge is -2.27. The first-order valence-corrected chi connectivity index (χ1v) is 14.2. The number of hydrogen-bond donors (Lipinski definition) is 0. The molecule has 0 spiro atoms. The van der Waals surface area contributed by atoms with Crippen LogP contribution in [-0.2, 0) is 26.0 Å². The molecule has 1 atom stereocenters. The molecule has 6 nitrogen and oxygen atoms in total. The Morgan fingerprint density at radius 1 is 0.892 bits per heavy atom. The summed E-state index contributed by atoms with van der Waals surface area (Å²) in [5.74, 6) is -1.01. The Morgan fingerprint density at radius 2 is 1.62 bits per heavy atom. The van der Waals surface area contributed by atoms with Crippen LogP contribution in [0, 0.1) is 0 Å². The third-order valence-electron chi connectivity index (χ3n) is 6.39. The molecule has 2 amide bonds. The Balaban J connectivity index is 1.53. The topological polar surface area (TPSA) is 74.8 Å². The summed E-state index contributed by atoms with van der Waals surface area (Å²) >= 11 is 9.48. The number of nitrogens with zero attached hydrogens (tertiary/aromatic N) is 2. The Morgan fingerprint density at radius 3 is 2.35 bits per heavy atom. The summed E-state index contributed by atoms with van der Waals surface area (Å²) < 4.78 is 30.0. The van der Waals surface area contributed by atoms with E-state index in [1.807, 2.05) is 30.3 Å². The van der Waals surface area contributed by atoms with Crippen LogP contribution in [0.2, 0.25) is 5.02 Å². The van der Waals surface area contributed by atoms with E-state index < -0.39 is 27.9 Å². The molecule has 4 aromatic carbocycles. The molecule has 1 saturated heterocycles. The highest BCUT2D eigenvalue weighted by Crippen LogP contribution is 2.31. The summed E-state index contributed by atoms with van der Waals surface area (Å²) in [6.07, 6.45) is 0.0842. The van der Waals surface area contributed by atoms with Crippen LogP contribution in [0.15, 0.2) is 100 Å². The zero-order valence-electron chi connectivity index (χ0n) is 19.6. The second kappa shape index (κ2) is 10.4. The van der Waals surface area contributed by atoms with Crippen LogP contribution in [0.5, 0.6) is 0 Å². The highest BCUT2D eigenvalue weighted by atomic mass is 79.9. The fourth-order valence-electron chi connectivity index (χ4n) is 4.54. The summed E-state index contributed by atoms with van der Waals surface area (Å²) in [6.45, 7) is 0.00731. The molecule has 0 radical (unpaired) electrons. The van der Waals surface area contributed by atoms with Gasteiger partial charge in [0.05, 0.1) is 17.0 Å². The van der Waals surface area contributed by atoms with E-state index in [1.54, 1.807) is 54.6 Å². The van der Waals surface area contributed by atoms with Gasteiger partial charge in [-0.25, -0.2) is 13.3 Å². The Bertz CT molecular complexity index is 1610. The van der Waals surface area contributed by atoms with E-state index in [-0.39, 0.29) is 17.9 Å². The number of benzene rings is 4. The number of fused-ring (bicyclic) bond motifs is 1. The van der Waals surface area contributed by atoms with Gasteiger partial charge in [-0.2, -0.15) is 4.31 Å². The van der Waals surface area contributed by atoms with E-state index in [0.29, 0.717) is 17.1 Å². The fraction of sp³-hybridized carbons (Fsp3) is 0.143. The standard InChI is InChI=1S/C28H22BrClN2O4S/c29-22-9-11-24(12-10-22)32-27(33)18-26(28(32)34)31(15-14-19-4-3-7-23(30)16-19)37(35,36)25-13-8-20-5-1-2-6-21(20)17-25/h1-13,16-17,26H,14-15,18H2. The lowest BCUT2D eigenvalue weighted by molar-refractivity contribution is -0.122. The average Bonchev–Trinajstić information content (AvgIpc) is 3.17. The zero-order chi connectivity index (χ0) is 26.2. The van der Waals surface area contributed by atoms with Crippen LogP contribution in [0.1, 0.15) is 12.0 Å². The van der Waals surface area contributed by atoms with E-state index in [9.17, 15) is 18.0 Å². The van der Waals surface area contributed by atoms with Crippen LogP contribution in [-0.4, -0.2) is 37.1 Å². The summed E-state index contributed by atoms with van der Waals surface area (Å²) in [7, 11) is -4.13. The Hall–Kier alpha value is -3.04. The van der Waals surface area contributed by atoms with E-state index in [4.69, 9.17) is 11.6 Å². The Kier molecular flexibility index (Phi) is 7.18. The van der Waals surface area contributed by atoms with Gasteiger partial charge < -0.3 is 0 Å². The van der Waals surface area contributed by atoms with Crippen molar-refractivity contribution in [2.24, 2.45) is 0 Å². The molecular formula is C28H22BrClN2O4S. The number of halogens is 2. The van der Waals surface area contributed by atoms with Gasteiger partial charge in [-0.15, -0.1) is 0 Å². The van der Waals surface area contributed by atoms with Crippen LogP contribution in [0.25, 0.3) is 10.8 Å². The first-order chi connectivity index (χ1) is 17.7. The van der Waals surface area contributed by atoms with Gasteiger partial charge in [0.2, 0.25) is 15.9 Å². The second-order valence-electron chi connectivity index (χ2n) is 8.77. The molecule has 37 heavy (non-hydrogen) atoms. The second-order valence-corrected chi connectivity index (χ2v) is 12.0. The fourth-order valence-corrected chi connectivity index (χ4v) is 6.64. The van der Waals surface area contributed by atoms with Crippen molar-refractivity contribution < 1.29 is 18.0 Å². The molecule has 1 unspecified atom stereocenters. The van der Waals surface area contributed by atoms with Gasteiger partial charge in [0.15, 0.2) is 0 Å². The normalized spacial score (nSPS) is 16.2. The average molecular weight is 598 g/mol. The summed E-state index contributed by atoms with van der Waals surface area (Å²) in [5, 5.41) is 2.21. The molecule has 9 heteroatoms. The van der Waals surface area contributed by atoms with E-state index in [0.717, 1.165) is 30.0 Å². The van der Waals surface area contributed by atoms with Gasteiger partial charge in [-0.05, 0) is 71.3 Å². The Labute approximate surface area is 228 Å². The first-order valence-electron chi connectivity index (χ1n) is 11.6. The zero-order valence-corrected chi connectivity index (χ0v) is 22.7. The number of amides is 2. The van der Waals surface area contributed by atoms with E-state index in [1.165, 1.54) is 6.07 Å². The van der Waals surface area contributed by atoms with Crippen molar-refractivity contribution in [1.82, 2.24) is 4.31 Å². The van der Waals surface area contributed by atoms with Crippen molar-refractivity contribution in [3.05, 3.63) is 106 Å². The predicted octanol–water partition coefficient (Wildman–Crippen LogP) is 5.82. The lowest BCUT2D eigenvalue weighted by atomic mass is 10.1. The number of hydrogen-bond acceptors (Lipinski definition) is 4. The van der Waals surface area contributed by atoms with Crippen LogP contribution < -0.4 is 4.90 Å². The molecule has 0 bridgehead atoms. The monoisotopic (exact) mass is 596 g/mol. The number of imide groups is 1. The molecule has 188 valence electrons. The minimum absolute atomic E-state index is 0.00731. The van der Waals surface area contributed by atoms with Crippen molar-refractivity contribution in [2.45, 2.75) is 23.8 Å². The van der Waals surface area contributed by atoms with E-state index >= 15 is 0 Å². The highest BCUT2D eigenvalue weighted by molar-refractivity contribution is 9.10. The molecule has 1 fully saturated rings. The van der Waals surface area contributed by atoms with Crippen molar-refractivity contribution in [3.8, 4) is 0 Å². The third-order valence-corrected chi connectivity index (χ3v) is 9.06. The number of carbonyl (C=O) groups is 2. The molecule has 0 saturated carbocycles. The van der Waals surface area contributed by atoms with Crippen molar-refractivity contribution >= 4 is 65.8 Å². The molecule has 0 N–H and O–H groups in total. The van der Waals surface area contributed by atoms with Gasteiger partial charge in [-0.3, -0.25) is 9.59 Å². The molecule has 5 rings (SSSR count). The van der Waals surface area contributed by atoms with Crippen LogP contribution in [0.3, 0.4) is 0 Å². The number of rotatable bonds is 7. The number of anilines is 1. The number of carbonyl (C=O) groups excluding carboxylic acids is 2. The maximum absolute atomic E-state index is 14.0. The molecule has 1 aliphatic heterocycles. The summed E-state index contributed by atoms with van der Waals surface area (Å²) in [4.78, 5) is 27.7. The molecular weight excluding hydrogens is 576 g/mol. The summed E-state index contributed by atoms with van der Waals surface area (Å²) in [5.41, 5.74) is 1.23. The van der Waals surface area contributed by atoms with Crippen molar-refractivity contribution in [2.75, 3.05) is 11.4 Å². The molecule has 1 heterocycles.